The molecule has 3 aromatic rings. The lowest BCUT2D eigenvalue weighted by Gasteiger charge is -2.35. The highest BCUT2D eigenvalue weighted by molar-refractivity contribution is 7.98. The monoisotopic (exact) mass is 449 g/mol. The first-order valence-corrected chi connectivity index (χ1v) is 11.9. The van der Waals surface area contributed by atoms with Crippen molar-refractivity contribution in [2.45, 2.75) is 10.9 Å². The second-order valence-electron chi connectivity index (χ2n) is 7.63. The molecule has 0 saturated carbocycles. The topological polar surface area (TPSA) is 70.7 Å². The summed E-state index contributed by atoms with van der Waals surface area (Å²) < 4.78 is 5.53. The molecule has 7 heteroatoms. The van der Waals surface area contributed by atoms with Crippen molar-refractivity contribution in [3.63, 3.8) is 0 Å². The van der Waals surface area contributed by atoms with Crippen molar-refractivity contribution in [3.8, 4) is 0 Å². The van der Waals surface area contributed by atoms with E-state index >= 15 is 0 Å². The predicted molar refractivity (Wildman–Crippen MR) is 129 cm³/mol. The number of hydrogen-bond acceptors (Lipinski definition) is 5. The average Bonchev–Trinajstić information content (AvgIpc) is 2.85. The van der Waals surface area contributed by atoms with Gasteiger partial charge in [0.2, 0.25) is 0 Å². The Kier molecular flexibility index (Phi) is 7.42. The maximum atomic E-state index is 12.6. The number of fused-ring (bicyclic) bond motifs is 1. The number of benzene rings is 3. The number of morpholine rings is 1. The molecule has 32 heavy (non-hydrogen) atoms. The zero-order valence-electron chi connectivity index (χ0n) is 18.0. The quantitative estimate of drug-likeness (QED) is 0.444. The van der Waals surface area contributed by atoms with Crippen LogP contribution in [-0.2, 0) is 14.3 Å². The van der Waals surface area contributed by atoms with Crippen LogP contribution in [0.2, 0.25) is 0 Å². The van der Waals surface area contributed by atoms with Crippen molar-refractivity contribution in [2.75, 3.05) is 44.4 Å². The van der Waals surface area contributed by atoms with Crippen LogP contribution in [0.4, 0.5) is 5.69 Å². The first-order chi connectivity index (χ1) is 15.7. The Morgan fingerprint density at radius 1 is 1.00 bits per heavy atom. The van der Waals surface area contributed by atoms with Gasteiger partial charge in [0.1, 0.15) is 0 Å². The molecule has 3 aromatic carbocycles. The molecule has 0 spiro atoms. The van der Waals surface area contributed by atoms with Gasteiger partial charge < -0.3 is 15.4 Å². The third kappa shape index (κ3) is 5.30. The fraction of sp³-hybridized carbons (Fsp3) is 0.280. The van der Waals surface area contributed by atoms with Gasteiger partial charge in [0.05, 0.1) is 19.3 Å². The zero-order chi connectivity index (χ0) is 22.3. The SMILES string of the molecule is CSc1cccc(NC(=O)C(=O)NC[C@H](c2cccc3ccccc23)N2CCOCC2)c1. The van der Waals surface area contributed by atoms with E-state index < -0.39 is 11.8 Å². The Balaban J connectivity index is 1.50. The molecule has 2 amide bonds. The van der Waals surface area contributed by atoms with Gasteiger partial charge in [0.25, 0.3) is 0 Å². The van der Waals surface area contributed by atoms with E-state index in [0.717, 1.165) is 34.3 Å². The molecule has 1 aliphatic rings. The minimum atomic E-state index is -0.665. The predicted octanol–water partition coefficient (Wildman–Crippen LogP) is 3.69. The second-order valence-corrected chi connectivity index (χ2v) is 8.51. The number of amides is 2. The highest BCUT2D eigenvalue weighted by atomic mass is 32.2. The number of hydrogen-bond donors (Lipinski definition) is 2. The van der Waals surface area contributed by atoms with Gasteiger partial charge >= 0.3 is 11.8 Å². The lowest BCUT2D eigenvalue weighted by atomic mass is 9.97. The molecule has 4 rings (SSSR count). The summed E-state index contributed by atoms with van der Waals surface area (Å²) in [5.41, 5.74) is 1.74. The summed E-state index contributed by atoms with van der Waals surface area (Å²) in [6.45, 7) is 3.20. The van der Waals surface area contributed by atoms with E-state index in [1.54, 1.807) is 17.8 Å². The molecule has 166 valence electrons. The summed E-state index contributed by atoms with van der Waals surface area (Å²) >= 11 is 1.58. The fourth-order valence-electron chi connectivity index (χ4n) is 4.02. The van der Waals surface area contributed by atoms with Gasteiger partial charge in [-0.2, -0.15) is 0 Å². The highest BCUT2D eigenvalue weighted by Crippen LogP contribution is 2.28. The van der Waals surface area contributed by atoms with Crippen molar-refractivity contribution < 1.29 is 14.3 Å². The Bertz CT molecular complexity index is 1090. The van der Waals surface area contributed by atoms with Crippen LogP contribution in [0.15, 0.2) is 71.6 Å². The molecular formula is C25H27N3O3S. The van der Waals surface area contributed by atoms with E-state index in [4.69, 9.17) is 4.74 Å². The van der Waals surface area contributed by atoms with Gasteiger partial charge in [0.15, 0.2) is 0 Å². The molecule has 2 N–H and O–H groups in total. The van der Waals surface area contributed by atoms with Crippen molar-refractivity contribution in [2.24, 2.45) is 0 Å². The van der Waals surface area contributed by atoms with E-state index in [-0.39, 0.29) is 6.04 Å². The Hall–Kier alpha value is -2.87. The number of thioether (sulfide) groups is 1. The number of nitrogens with one attached hydrogen (secondary N) is 2. The van der Waals surface area contributed by atoms with Crippen molar-refractivity contribution in [3.05, 3.63) is 72.3 Å². The van der Waals surface area contributed by atoms with Gasteiger partial charge in [0, 0.05) is 30.2 Å². The number of ether oxygens (including phenoxy) is 1. The van der Waals surface area contributed by atoms with Gasteiger partial charge in [-0.1, -0.05) is 48.5 Å². The van der Waals surface area contributed by atoms with Gasteiger partial charge in [-0.15, -0.1) is 11.8 Å². The van der Waals surface area contributed by atoms with Crippen LogP contribution < -0.4 is 10.6 Å². The fourth-order valence-corrected chi connectivity index (χ4v) is 4.48. The van der Waals surface area contributed by atoms with Gasteiger partial charge in [-0.05, 0) is 40.8 Å². The molecule has 1 aliphatic heterocycles. The second kappa shape index (κ2) is 10.6. The molecule has 0 aromatic heterocycles. The largest absolute Gasteiger partial charge is 0.379 e. The van der Waals surface area contributed by atoms with E-state index in [0.29, 0.717) is 25.4 Å². The Morgan fingerprint density at radius 2 is 1.75 bits per heavy atom. The van der Waals surface area contributed by atoms with Gasteiger partial charge in [-0.25, -0.2) is 0 Å². The molecule has 0 bridgehead atoms. The zero-order valence-corrected chi connectivity index (χ0v) is 18.9. The van der Waals surface area contributed by atoms with Crippen LogP contribution in [0.5, 0.6) is 0 Å². The number of nitrogens with zero attached hydrogens (tertiary/aromatic N) is 1. The number of anilines is 1. The maximum Gasteiger partial charge on any atom is 0.313 e. The van der Waals surface area contributed by atoms with Crippen LogP contribution in [0, 0.1) is 0 Å². The average molecular weight is 450 g/mol. The molecule has 0 unspecified atom stereocenters. The lowest BCUT2D eigenvalue weighted by molar-refractivity contribution is -0.136. The molecule has 1 saturated heterocycles. The molecule has 1 heterocycles. The lowest BCUT2D eigenvalue weighted by Crippen LogP contribution is -2.45. The molecule has 0 aliphatic carbocycles. The molecule has 1 fully saturated rings. The Morgan fingerprint density at radius 3 is 2.56 bits per heavy atom. The Labute approximate surface area is 192 Å². The molecular weight excluding hydrogens is 422 g/mol. The van der Waals surface area contributed by atoms with Gasteiger partial charge in [-0.3, -0.25) is 14.5 Å². The van der Waals surface area contributed by atoms with Crippen molar-refractivity contribution in [1.82, 2.24) is 10.2 Å². The van der Waals surface area contributed by atoms with Crippen LogP contribution in [-0.4, -0.2) is 55.8 Å². The molecule has 0 radical (unpaired) electrons. The van der Waals surface area contributed by atoms with Crippen LogP contribution in [0.25, 0.3) is 10.8 Å². The molecule has 6 nitrogen and oxygen atoms in total. The number of carbonyl (C=O) groups is 2. The highest BCUT2D eigenvalue weighted by Gasteiger charge is 2.25. The minimum absolute atomic E-state index is 0.0541. The smallest absolute Gasteiger partial charge is 0.313 e. The summed E-state index contributed by atoms with van der Waals surface area (Å²) in [5.74, 6) is -1.31. The van der Waals surface area contributed by atoms with E-state index in [2.05, 4.69) is 39.8 Å². The van der Waals surface area contributed by atoms with E-state index in [1.165, 1.54) is 0 Å². The van der Waals surface area contributed by atoms with Crippen molar-refractivity contribution >= 4 is 40.0 Å². The third-order valence-corrected chi connectivity index (χ3v) is 6.38. The number of rotatable bonds is 6. The van der Waals surface area contributed by atoms with Crippen LogP contribution in [0.3, 0.4) is 0 Å². The summed E-state index contributed by atoms with van der Waals surface area (Å²) in [4.78, 5) is 28.4. The standard InChI is InChI=1S/C25H27N3O3S/c1-32-20-9-5-8-19(16-20)27-25(30)24(29)26-17-23(28-12-14-31-15-13-28)22-11-4-7-18-6-2-3-10-21(18)22/h2-11,16,23H,12-15,17H2,1H3,(H,26,29)(H,27,30)/t23-/m1/s1. The number of carbonyl (C=O) groups excluding carboxylic acids is 2. The minimum Gasteiger partial charge on any atom is -0.379 e. The van der Waals surface area contributed by atoms with Crippen LogP contribution in [0.1, 0.15) is 11.6 Å². The van der Waals surface area contributed by atoms with E-state index in [1.807, 2.05) is 42.7 Å². The first-order valence-electron chi connectivity index (χ1n) is 10.7. The normalized spacial score (nSPS) is 15.3. The summed E-state index contributed by atoms with van der Waals surface area (Å²) in [5, 5.41) is 7.85. The maximum absolute atomic E-state index is 12.6. The van der Waals surface area contributed by atoms with E-state index in [9.17, 15) is 9.59 Å². The van der Waals surface area contributed by atoms with Crippen molar-refractivity contribution in [1.29, 1.82) is 0 Å². The third-order valence-electron chi connectivity index (χ3n) is 5.66. The van der Waals surface area contributed by atoms with Crippen LogP contribution >= 0.6 is 11.8 Å². The summed E-state index contributed by atoms with van der Waals surface area (Å²) in [7, 11) is 0. The molecule has 1 atom stereocenters. The summed E-state index contributed by atoms with van der Waals surface area (Å²) in [6, 6.07) is 21.8. The first kappa shape index (κ1) is 22.3. The summed E-state index contributed by atoms with van der Waals surface area (Å²) in [6.07, 6.45) is 1.96.